The Morgan fingerprint density at radius 1 is 1.53 bits per heavy atom. The van der Waals surface area contributed by atoms with Crippen molar-refractivity contribution in [1.82, 2.24) is 0 Å². The Morgan fingerprint density at radius 2 is 2.24 bits per heavy atom. The molecule has 0 saturated heterocycles. The molecule has 0 spiro atoms. The lowest BCUT2D eigenvalue weighted by atomic mass is 10.2. The Labute approximate surface area is 103 Å². The fraction of sp³-hybridized carbons (Fsp3) is 0.364. The number of ketones is 1. The molecule has 0 saturated carbocycles. The number of hydrogen-bond donors (Lipinski definition) is 0. The Kier molecular flexibility index (Phi) is 4.90. The topological polar surface area (TPSA) is 69.4 Å². The molecule has 0 N–H and O–H groups in total. The minimum atomic E-state index is -0.522. The van der Waals surface area contributed by atoms with Crippen LogP contribution in [0.1, 0.15) is 19.8 Å². The number of benzene rings is 1. The van der Waals surface area contributed by atoms with E-state index in [0.29, 0.717) is 25.2 Å². The van der Waals surface area contributed by atoms with Crippen LogP contribution in [-0.4, -0.2) is 17.3 Å². The van der Waals surface area contributed by atoms with Crippen LogP contribution < -0.4 is 4.74 Å². The number of hydrogen-bond acceptors (Lipinski definition) is 4. The van der Waals surface area contributed by atoms with E-state index in [1.165, 1.54) is 25.1 Å². The second-order valence-electron chi connectivity index (χ2n) is 3.53. The lowest BCUT2D eigenvalue weighted by molar-refractivity contribution is -0.384. The standard InChI is InChI=1S/C11H12ClNO4/c1-8(14)3-2-6-17-11-5-4-9(13(15)16)7-10(11)12/h4-5,7H,2-3,6H2,1H3. The first-order chi connectivity index (χ1) is 8.00. The maximum absolute atomic E-state index is 10.7. The molecule has 0 atom stereocenters. The number of nitro groups is 1. The van der Waals surface area contributed by atoms with E-state index in [9.17, 15) is 14.9 Å². The first-order valence-corrected chi connectivity index (χ1v) is 5.44. The molecule has 92 valence electrons. The molecule has 1 aromatic rings. The number of rotatable bonds is 6. The first-order valence-electron chi connectivity index (χ1n) is 5.07. The van der Waals surface area contributed by atoms with Gasteiger partial charge in [-0.2, -0.15) is 0 Å². The quantitative estimate of drug-likeness (QED) is 0.446. The summed E-state index contributed by atoms with van der Waals surface area (Å²) in [6.45, 7) is 1.87. The molecule has 17 heavy (non-hydrogen) atoms. The Hall–Kier alpha value is -1.62. The molecule has 1 rings (SSSR count). The van der Waals surface area contributed by atoms with Gasteiger partial charge in [-0.15, -0.1) is 0 Å². The monoisotopic (exact) mass is 257 g/mol. The number of ether oxygens (including phenoxy) is 1. The van der Waals surface area contributed by atoms with Crippen molar-refractivity contribution >= 4 is 23.1 Å². The van der Waals surface area contributed by atoms with Gasteiger partial charge in [0.05, 0.1) is 16.6 Å². The average molecular weight is 258 g/mol. The van der Waals surface area contributed by atoms with Crippen molar-refractivity contribution in [2.24, 2.45) is 0 Å². The molecule has 1 aromatic carbocycles. The lowest BCUT2D eigenvalue weighted by Gasteiger charge is -2.06. The molecule has 0 aromatic heterocycles. The highest BCUT2D eigenvalue weighted by atomic mass is 35.5. The number of nitro benzene ring substituents is 1. The van der Waals surface area contributed by atoms with E-state index in [1.807, 2.05) is 0 Å². The predicted octanol–water partition coefficient (Wildman–Crippen LogP) is 3.00. The third-order valence-electron chi connectivity index (χ3n) is 2.06. The van der Waals surface area contributed by atoms with E-state index in [1.54, 1.807) is 0 Å². The smallest absolute Gasteiger partial charge is 0.271 e. The SMILES string of the molecule is CC(=O)CCCOc1ccc([N+](=O)[O-])cc1Cl. The van der Waals surface area contributed by atoms with Crippen LogP contribution in [0, 0.1) is 10.1 Å². The van der Waals surface area contributed by atoms with E-state index < -0.39 is 4.92 Å². The third-order valence-corrected chi connectivity index (χ3v) is 2.35. The predicted molar refractivity (Wildman–Crippen MR) is 63.5 cm³/mol. The van der Waals surface area contributed by atoms with Crippen molar-refractivity contribution < 1.29 is 14.5 Å². The zero-order valence-corrected chi connectivity index (χ0v) is 10.1. The normalized spacial score (nSPS) is 10.0. The Balaban J connectivity index is 2.54. The molecule has 0 unspecified atom stereocenters. The van der Waals surface area contributed by atoms with Crippen LogP contribution >= 0.6 is 11.6 Å². The van der Waals surface area contributed by atoms with Gasteiger partial charge in [-0.25, -0.2) is 0 Å². The highest BCUT2D eigenvalue weighted by Crippen LogP contribution is 2.28. The summed E-state index contributed by atoms with van der Waals surface area (Å²) in [5, 5.41) is 10.7. The summed E-state index contributed by atoms with van der Waals surface area (Å²) in [7, 11) is 0. The van der Waals surface area contributed by atoms with Gasteiger partial charge in [0.15, 0.2) is 0 Å². The van der Waals surface area contributed by atoms with Gasteiger partial charge in [-0.1, -0.05) is 11.6 Å². The van der Waals surface area contributed by atoms with E-state index >= 15 is 0 Å². The van der Waals surface area contributed by atoms with Gasteiger partial charge in [0.25, 0.3) is 5.69 Å². The van der Waals surface area contributed by atoms with Gasteiger partial charge < -0.3 is 9.53 Å². The number of Topliss-reactive ketones (excluding diaryl/α,β-unsaturated/α-hetero) is 1. The molecule has 0 radical (unpaired) electrons. The van der Waals surface area contributed by atoms with E-state index in [0.717, 1.165) is 0 Å². The van der Waals surface area contributed by atoms with Gasteiger partial charge in [-0.3, -0.25) is 10.1 Å². The Bertz CT molecular complexity index is 433. The van der Waals surface area contributed by atoms with Crippen molar-refractivity contribution in [3.8, 4) is 5.75 Å². The molecule has 0 aliphatic rings. The molecular formula is C11H12ClNO4. The summed E-state index contributed by atoms with van der Waals surface area (Å²) >= 11 is 5.82. The maximum atomic E-state index is 10.7. The van der Waals surface area contributed by atoms with Crippen molar-refractivity contribution in [2.45, 2.75) is 19.8 Å². The van der Waals surface area contributed by atoms with Crippen molar-refractivity contribution in [2.75, 3.05) is 6.61 Å². The highest BCUT2D eigenvalue weighted by molar-refractivity contribution is 6.32. The summed E-state index contributed by atoms with van der Waals surface area (Å²) in [6, 6.07) is 4.02. The third kappa shape index (κ3) is 4.40. The lowest BCUT2D eigenvalue weighted by Crippen LogP contribution is -2.01. The minimum absolute atomic E-state index is 0.0777. The molecule has 6 heteroatoms. The highest BCUT2D eigenvalue weighted by Gasteiger charge is 2.10. The van der Waals surface area contributed by atoms with E-state index in [4.69, 9.17) is 16.3 Å². The minimum Gasteiger partial charge on any atom is -0.492 e. The molecule has 0 bridgehead atoms. The van der Waals surface area contributed by atoms with Gasteiger partial charge >= 0.3 is 0 Å². The van der Waals surface area contributed by atoms with Gasteiger partial charge in [0.1, 0.15) is 11.5 Å². The molecule has 0 aliphatic heterocycles. The van der Waals surface area contributed by atoms with Crippen molar-refractivity contribution in [3.63, 3.8) is 0 Å². The molecular weight excluding hydrogens is 246 g/mol. The molecule has 0 aliphatic carbocycles. The van der Waals surface area contributed by atoms with E-state index in [2.05, 4.69) is 0 Å². The summed E-state index contributed by atoms with van der Waals surface area (Å²) in [5.74, 6) is 0.490. The van der Waals surface area contributed by atoms with Crippen molar-refractivity contribution in [3.05, 3.63) is 33.3 Å². The fourth-order valence-electron chi connectivity index (χ4n) is 1.22. The van der Waals surface area contributed by atoms with Crippen LogP contribution in [0.2, 0.25) is 5.02 Å². The number of non-ortho nitro benzene ring substituents is 1. The summed E-state index contributed by atoms with van der Waals surface area (Å²) in [4.78, 5) is 20.6. The fourth-order valence-corrected chi connectivity index (χ4v) is 1.45. The van der Waals surface area contributed by atoms with Gasteiger partial charge in [-0.05, 0) is 19.4 Å². The van der Waals surface area contributed by atoms with Crippen LogP contribution in [0.5, 0.6) is 5.75 Å². The second kappa shape index (κ2) is 6.20. The van der Waals surface area contributed by atoms with Crippen LogP contribution in [0.3, 0.4) is 0 Å². The molecule has 0 heterocycles. The summed E-state index contributed by atoms with van der Waals surface area (Å²) in [5.41, 5.74) is -0.0777. The number of carbonyl (C=O) groups is 1. The van der Waals surface area contributed by atoms with Crippen LogP contribution in [0.4, 0.5) is 5.69 Å². The first kappa shape index (κ1) is 13.4. The van der Waals surface area contributed by atoms with Crippen LogP contribution in [0.25, 0.3) is 0 Å². The molecule has 0 amide bonds. The second-order valence-corrected chi connectivity index (χ2v) is 3.93. The molecule has 5 nitrogen and oxygen atoms in total. The van der Waals surface area contributed by atoms with Gasteiger partial charge in [0, 0.05) is 18.6 Å². The zero-order valence-electron chi connectivity index (χ0n) is 9.31. The number of carbonyl (C=O) groups excluding carboxylic acids is 1. The Morgan fingerprint density at radius 3 is 2.76 bits per heavy atom. The molecule has 0 fully saturated rings. The largest absolute Gasteiger partial charge is 0.492 e. The van der Waals surface area contributed by atoms with Crippen molar-refractivity contribution in [1.29, 1.82) is 0 Å². The van der Waals surface area contributed by atoms with E-state index in [-0.39, 0.29) is 16.5 Å². The average Bonchev–Trinajstić information content (AvgIpc) is 2.25. The summed E-state index contributed by atoms with van der Waals surface area (Å²) < 4.78 is 5.32. The maximum Gasteiger partial charge on any atom is 0.271 e. The van der Waals surface area contributed by atoms with Crippen LogP contribution in [-0.2, 0) is 4.79 Å². The zero-order chi connectivity index (χ0) is 12.8. The van der Waals surface area contributed by atoms with Gasteiger partial charge in [0.2, 0.25) is 0 Å². The number of nitrogens with zero attached hydrogens (tertiary/aromatic N) is 1. The number of halogens is 1. The summed E-state index contributed by atoms with van der Waals surface area (Å²) in [6.07, 6.45) is 1.05. The van der Waals surface area contributed by atoms with Crippen LogP contribution in [0.15, 0.2) is 18.2 Å².